The van der Waals surface area contributed by atoms with Gasteiger partial charge in [0.15, 0.2) is 5.82 Å². The van der Waals surface area contributed by atoms with Crippen LogP contribution in [0.4, 0.5) is 0 Å². The van der Waals surface area contributed by atoms with E-state index in [2.05, 4.69) is 10.1 Å². The van der Waals surface area contributed by atoms with E-state index in [4.69, 9.17) is 4.52 Å². The van der Waals surface area contributed by atoms with Crippen LogP contribution in [0.3, 0.4) is 0 Å². The van der Waals surface area contributed by atoms with Gasteiger partial charge in [-0.25, -0.2) is 4.79 Å². The molecule has 2 heterocycles. The average Bonchev–Trinajstić information content (AvgIpc) is 2.86. The van der Waals surface area contributed by atoms with Crippen LogP contribution < -0.4 is 11.2 Å². The van der Waals surface area contributed by atoms with Crippen molar-refractivity contribution in [3.63, 3.8) is 0 Å². The van der Waals surface area contributed by atoms with Crippen LogP contribution in [-0.4, -0.2) is 19.3 Å². The van der Waals surface area contributed by atoms with Crippen LogP contribution in [0.25, 0.3) is 0 Å². The van der Waals surface area contributed by atoms with Crippen molar-refractivity contribution in [3.05, 3.63) is 44.8 Å². The minimum atomic E-state index is -0.357. The van der Waals surface area contributed by atoms with Crippen LogP contribution in [0.15, 0.2) is 26.4 Å². The molecule has 20 heavy (non-hydrogen) atoms. The minimum absolute atomic E-state index is 0.0371. The first-order chi connectivity index (χ1) is 9.65. The van der Waals surface area contributed by atoms with Gasteiger partial charge < -0.3 is 9.09 Å². The molecule has 0 saturated carbocycles. The molecule has 2 aromatic heterocycles. The Hall–Kier alpha value is -2.18. The highest BCUT2D eigenvalue weighted by molar-refractivity contribution is 4.92. The molecule has 0 aliphatic rings. The third-order valence-corrected chi connectivity index (χ3v) is 2.88. The molecule has 0 fully saturated rings. The average molecular weight is 278 g/mol. The highest BCUT2D eigenvalue weighted by Crippen LogP contribution is 2.01. The zero-order chi connectivity index (χ0) is 14.5. The molecule has 0 bridgehead atoms. The summed E-state index contributed by atoms with van der Waals surface area (Å²) in [5, 5.41) is 3.79. The summed E-state index contributed by atoms with van der Waals surface area (Å²) in [7, 11) is 0. The molecule has 0 aliphatic heterocycles. The molecule has 0 amide bonds. The van der Waals surface area contributed by atoms with E-state index >= 15 is 0 Å². The summed E-state index contributed by atoms with van der Waals surface area (Å²) in [6.45, 7) is 4.59. The summed E-state index contributed by atoms with van der Waals surface area (Å²) in [5.74, 6) is 0.877. The van der Waals surface area contributed by atoms with Gasteiger partial charge in [-0.05, 0) is 12.8 Å². The monoisotopic (exact) mass is 278 g/mol. The van der Waals surface area contributed by atoms with Gasteiger partial charge in [-0.2, -0.15) is 4.98 Å². The largest absolute Gasteiger partial charge is 0.339 e. The molecule has 2 rings (SSSR count). The Balaban J connectivity index is 2.30. The zero-order valence-corrected chi connectivity index (χ0v) is 11.7. The molecule has 0 unspecified atom stereocenters. The molecule has 0 aromatic carbocycles. The quantitative estimate of drug-likeness (QED) is 0.780. The fourth-order valence-electron chi connectivity index (χ4n) is 1.92. The highest BCUT2D eigenvalue weighted by Gasteiger charge is 2.10. The standard InChI is InChI=1S/C13H18N4O3/c1-3-5-11-14-10(15-20-11)9-17-12(18)6-8-16(7-4-2)13(17)19/h6,8H,3-5,7,9H2,1-2H3. The first kappa shape index (κ1) is 14.2. The molecule has 0 spiro atoms. The molecule has 0 atom stereocenters. The maximum Gasteiger partial charge on any atom is 0.331 e. The minimum Gasteiger partial charge on any atom is -0.339 e. The summed E-state index contributed by atoms with van der Waals surface area (Å²) >= 11 is 0. The van der Waals surface area contributed by atoms with E-state index in [1.165, 1.54) is 16.8 Å². The van der Waals surface area contributed by atoms with Crippen molar-refractivity contribution in [2.45, 2.75) is 46.2 Å². The van der Waals surface area contributed by atoms with Crippen molar-refractivity contribution < 1.29 is 4.52 Å². The van der Waals surface area contributed by atoms with Crippen molar-refractivity contribution in [1.82, 2.24) is 19.3 Å². The van der Waals surface area contributed by atoms with Gasteiger partial charge in [-0.3, -0.25) is 9.36 Å². The summed E-state index contributed by atoms with van der Waals surface area (Å²) in [6, 6.07) is 1.38. The summed E-state index contributed by atoms with van der Waals surface area (Å²) in [5.41, 5.74) is -0.703. The number of rotatable bonds is 6. The summed E-state index contributed by atoms with van der Waals surface area (Å²) in [4.78, 5) is 28.1. The van der Waals surface area contributed by atoms with E-state index in [9.17, 15) is 9.59 Å². The van der Waals surface area contributed by atoms with Crippen molar-refractivity contribution in [2.24, 2.45) is 0 Å². The number of hydrogen-bond donors (Lipinski definition) is 0. The number of aryl methyl sites for hydroxylation is 2. The van der Waals surface area contributed by atoms with E-state index in [-0.39, 0.29) is 17.8 Å². The second-order valence-electron chi connectivity index (χ2n) is 4.57. The van der Waals surface area contributed by atoms with Crippen LogP contribution in [0.5, 0.6) is 0 Å². The molecule has 0 aliphatic carbocycles. The lowest BCUT2D eigenvalue weighted by molar-refractivity contribution is 0.370. The van der Waals surface area contributed by atoms with E-state index < -0.39 is 0 Å². The van der Waals surface area contributed by atoms with Crippen LogP contribution in [0.2, 0.25) is 0 Å². The van der Waals surface area contributed by atoms with Crippen molar-refractivity contribution in [1.29, 1.82) is 0 Å². The first-order valence-corrected chi connectivity index (χ1v) is 6.77. The van der Waals surface area contributed by atoms with Gasteiger partial charge in [0.2, 0.25) is 5.89 Å². The van der Waals surface area contributed by atoms with Gasteiger partial charge in [0.05, 0.1) is 6.54 Å². The molecule has 0 N–H and O–H groups in total. The maximum atomic E-state index is 12.2. The van der Waals surface area contributed by atoms with Crippen LogP contribution in [0.1, 0.15) is 38.4 Å². The van der Waals surface area contributed by atoms with E-state index in [0.29, 0.717) is 24.7 Å². The number of hydrogen-bond acceptors (Lipinski definition) is 5. The first-order valence-electron chi connectivity index (χ1n) is 6.77. The molecular formula is C13H18N4O3. The highest BCUT2D eigenvalue weighted by atomic mass is 16.5. The lowest BCUT2D eigenvalue weighted by Gasteiger charge is -2.06. The van der Waals surface area contributed by atoms with E-state index in [1.54, 1.807) is 0 Å². The molecule has 108 valence electrons. The Labute approximate surface area is 115 Å². The summed E-state index contributed by atoms with van der Waals surface area (Å²) < 4.78 is 7.68. The molecule has 7 heteroatoms. The lowest BCUT2D eigenvalue weighted by atomic mass is 10.3. The summed E-state index contributed by atoms with van der Waals surface area (Å²) in [6.07, 6.45) is 3.93. The Morgan fingerprint density at radius 1 is 1.25 bits per heavy atom. The molecule has 0 radical (unpaired) electrons. The van der Waals surface area contributed by atoms with Crippen LogP contribution in [-0.2, 0) is 19.5 Å². The van der Waals surface area contributed by atoms with Gasteiger partial charge in [0.1, 0.15) is 0 Å². The Morgan fingerprint density at radius 3 is 2.75 bits per heavy atom. The van der Waals surface area contributed by atoms with Gasteiger partial charge in [0, 0.05) is 25.2 Å². The van der Waals surface area contributed by atoms with E-state index in [0.717, 1.165) is 17.4 Å². The normalized spacial score (nSPS) is 10.9. The number of aromatic nitrogens is 4. The second kappa shape index (κ2) is 6.31. The van der Waals surface area contributed by atoms with Crippen LogP contribution in [0, 0.1) is 0 Å². The zero-order valence-electron chi connectivity index (χ0n) is 11.7. The van der Waals surface area contributed by atoms with Gasteiger partial charge >= 0.3 is 5.69 Å². The lowest BCUT2D eigenvalue weighted by Crippen LogP contribution is -2.39. The van der Waals surface area contributed by atoms with Gasteiger partial charge in [0.25, 0.3) is 5.56 Å². The fraction of sp³-hybridized carbons (Fsp3) is 0.538. The Bertz CT molecular complexity index is 683. The predicted molar refractivity (Wildman–Crippen MR) is 72.6 cm³/mol. The fourth-order valence-corrected chi connectivity index (χ4v) is 1.92. The topological polar surface area (TPSA) is 82.9 Å². The van der Waals surface area contributed by atoms with E-state index in [1.807, 2.05) is 13.8 Å². The Kier molecular flexibility index (Phi) is 4.49. The molecule has 2 aromatic rings. The van der Waals surface area contributed by atoms with Crippen molar-refractivity contribution >= 4 is 0 Å². The Morgan fingerprint density at radius 2 is 2.05 bits per heavy atom. The third kappa shape index (κ3) is 3.04. The van der Waals surface area contributed by atoms with Gasteiger partial charge in [-0.1, -0.05) is 19.0 Å². The maximum absolute atomic E-state index is 12.2. The SMILES string of the molecule is CCCc1nc(Cn2c(=O)ccn(CCC)c2=O)no1. The molecule has 7 nitrogen and oxygen atoms in total. The van der Waals surface area contributed by atoms with Crippen LogP contribution >= 0.6 is 0 Å². The number of nitrogens with zero attached hydrogens (tertiary/aromatic N) is 4. The van der Waals surface area contributed by atoms with Crippen molar-refractivity contribution in [3.8, 4) is 0 Å². The molecule has 0 saturated heterocycles. The van der Waals surface area contributed by atoms with Gasteiger partial charge in [-0.15, -0.1) is 0 Å². The van der Waals surface area contributed by atoms with Crippen molar-refractivity contribution in [2.75, 3.05) is 0 Å². The predicted octanol–water partition coefficient (Wildman–Crippen LogP) is 0.804. The smallest absolute Gasteiger partial charge is 0.331 e. The third-order valence-electron chi connectivity index (χ3n) is 2.88. The second-order valence-corrected chi connectivity index (χ2v) is 4.57. The molecular weight excluding hydrogens is 260 g/mol.